The number of fused-ring (bicyclic) bond motifs is 1. The van der Waals surface area contributed by atoms with E-state index in [1.807, 2.05) is 0 Å². The number of carboxylic acid groups (broad SMARTS) is 1. The molecule has 0 aliphatic heterocycles. The number of rotatable bonds is 2. The summed E-state index contributed by atoms with van der Waals surface area (Å²) in [6.07, 6.45) is 1.56. The Labute approximate surface area is 101 Å². The van der Waals surface area contributed by atoms with E-state index in [1.165, 1.54) is 18.2 Å². The van der Waals surface area contributed by atoms with Crippen LogP contribution in [0, 0.1) is 5.82 Å². The normalized spacial score (nSPS) is 10.9. The van der Waals surface area contributed by atoms with Gasteiger partial charge in [0.25, 0.3) is 0 Å². The second-order valence-corrected chi connectivity index (χ2v) is 3.99. The number of carboxylic acids is 1. The van der Waals surface area contributed by atoms with Crippen molar-refractivity contribution in [3.05, 3.63) is 47.9 Å². The van der Waals surface area contributed by atoms with Crippen LogP contribution >= 0.6 is 0 Å². The quantitative estimate of drug-likeness (QED) is 0.648. The summed E-state index contributed by atoms with van der Waals surface area (Å²) in [5, 5.41) is 9.87. The van der Waals surface area contributed by atoms with Crippen LogP contribution in [0.3, 0.4) is 0 Å². The van der Waals surface area contributed by atoms with Gasteiger partial charge in [-0.1, -0.05) is 0 Å². The Morgan fingerprint density at radius 2 is 2.06 bits per heavy atom. The Kier molecular flexibility index (Phi) is 2.19. The molecular formula is C13H9FN2O2. The smallest absolute Gasteiger partial charge is 0.337 e. The molecule has 0 saturated carbocycles. The minimum absolute atomic E-state index is 0.182. The predicted molar refractivity (Wildman–Crippen MR) is 65.0 cm³/mol. The van der Waals surface area contributed by atoms with Gasteiger partial charge in [0.2, 0.25) is 0 Å². The monoisotopic (exact) mass is 244 g/mol. The fourth-order valence-electron chi connectivity index (χ4n) is 2.00. The molecule has 4 nitrogen and oxygen atoms in total. The van der Waals surface area contributed by atoms with Gasteiger partial charge >= 0.3 is 5.97 Å². The molecule has 0 unspecified atom stereocenters. The highest BCUT2D eigenvalue weighted by Gasteiger charge is 2.14. The van der Waals surface area contributed by atoms with E-state index in [9.17, 15) is 9.18 Å². The van der Waals surface area contributed by atoms with Crippen molar-refractivity contribution >= 4 is 16.9 Å². The molecule has 0 atom stereocenters. The molecule has 1 aromatic carbocycles. The van der Waals surface area contributed by atoms with Gasteiger partial charge in [-0.25, -0.2) is 9.18 Å². The van der Waals surface area contributed by atoms with E-state index in [2.05, 4.69) is 9.97 Å². The molecule has 0 aliphatic rings. The standard InChI is InChI=1S/C13H9FN2O2/c14-8-2-1-7-5-11(16-10(7)6-8)12-9(13(17)18)3-4-15-12/h1-6,15-16H,(H,17,18). The van der Waals surface area contributed by atoms with Gasteiger partial charge in [-0.15, -0.1) is 0 Å². The van der Waals surface area contributed by atoms with Gasteiger partial charge in [0.15, 0.2) is 0 Å². The number of aromatic nitrogens is 2. The summed E-state index contributed by atoms with van der Waals surface area (Å²) in [5.74, 6) is -1.34. The molecule has 0 spiro atoms. The van der Waals surface area contributed by atoms with Crippen LogP contribution in [0.2, 0.25) is 0 Å². The summed E-state index contributed by atoms with van der Waals surface area (Å²) in [7, 11) is 0. The maximum absolute atomic E-state index is 13.1. The van der Waals surface area contributed by atoms with Crippen molar-refractivity contribution in [3.63, 3.8) is 0 Å². The Morgan fingerprint density at radius 3 is 2.83 bits per heavy atom. The first-order valence-electron chi connectivity index (χ1n) is 5.34. The number of hydrogen-bond donors (Lipinski definition) is 3. The van der Waals surface area contributed by atoms with Crippen molar-refractivity contribution < 1.29 is 14.3 Å². The van der Waals surface area contributed by atoms with E-state index in [-0.39, 0.29) is 11.4 Å². The highest BCUT2D eigenvalue weighted by molar-refractivity contribution is 5.96. The van der Waals surface area contributed by atoms with Crippen LogP contribution in [0.4, 0.5) is 4.39 Å². The minimum atomic E-state index is -1.00. The number of aromatic amines is 2. The zero-order valence-corrected chi connectivity index (χ0v) is 9.20. The molecule has 3 N–H and O–H groups in total. The molecule has 0 radical (unpaired) electrons. The fraction of sp³-hybridized carbons (Fsp3) is 0. The number of H-pyrrole nitrogens is 2. The zero-order chi connectivity index (χ0) is 12.7. The van der Waals surface area contributed by atoms with Crippen LogP contribution in [0.15, 0.2) is 36.5 Å². The highest BCUT2D eigenvalue weighted by Crippen LogP contribution is 2.26. The average molecular weight is 244 g/mol. The van der Waals surface area contributed by atoms with Crippen molar-refractivity contribution in [2.24, 2.45) is 0 Å². The molecule has 0 fully saturated rings. The molecular weight excluding hydrogens is 235 g/mol. The Bertz CT molecular complexity index is 742. The Hall–Kier alpha value is -2.56. The third kappa shape index (κ3) is 1.57. The topological polar surface area (TPSA) is 68.9 Å². The molecule has 0 aliphatic carbocycles. The third-order valence-corrected chi connectivity index (χ3v) is 2.83. The van der Waals surface area contributed by atoms with Gasteiger partial charge in [-0.3, -0.25) is 0 Å². The first kappa shape index (κ1) is 10.6. The average Bonchev–Trinajstić information content (AvgIpc) is 2.93. The lowest BCUT2D eigenvalue weighted by molar-refractivity contribution is 0.0698. The SMILES string of the molecule is O=C(O)c1cc[nH]c1-c1cc2ccc(F)cc2[nH]1. The Morgan fingerprint density at radius 1 is 1.22 bits per heavy atom. The Balaban J connectivity index is 2.19. The summed E-state index contributed by atoms with van der Waals surface area (Å²) >= 11 is 0. The van der Waals surface area contributed by atoms with E-state index in [0.717, 1.165) is 5.39 Å². The summed E-state index contributed by atoms with van der Waals surface area (Å²) in [6, 6.07) is 7.67. The van der Waals surface area contributed by atoms with Crippen LogP contribution in [0.5, 0.6) is 0 Å². The molecule has 0 saturated heterocycles. The summed E-state index contributed by atoms with van der Waals surface area (Å²) in [4.78, 5) is 16.9. The van der Waals surface area contributed by atoms with Crippen molar-refractivity contribution in [1.82, 2.24) is 9.97 Å². The number of nitrogens with one attached hydrogen (secondary N) is 2. The number of benzene rings is 1. The van der Waals surface area contributed by atoms with Gasteiger partial charge in [0.05, 0.1) is 17.0 Å². The number of aromatic carboxylic acids is 1. The van der Waals surface area contributed by atoms with E-state index in [0.29, 0.717) is 16.9 Å². The maximum Gasteiger partial charge on any atom is 0.337 e. The molecule has 3 rings (SSSR count). The fourth-order valence-corrected chi connectivity index (χ4v) is 2.00. The van der Waals surface area contributed by atoms with E-state index in [1.54, 1.807) is 18.3 Å². The molecule has 2 heterocycles. The van der Waals surface area contributed by atoms with Gasteiger partial charge < -0.3 is 15.1 Å². The van der Waals surface area contributed by atoms with Crippen LogP contribution in [-0.2, 0) is 0 Å². The van der Waals surface area contributed by atoms with E-state index >= 15 is 0 Å². The van der Waals surface area contributed by atoms with Crippen LogP contribution in [0.1, 0.15) is 10.4 Å². The predicted octanol–water partition coefficient (Wildman–Crippen LogP) is 3.00. The van der Waals surface area contributed by atoms with Crippen LogP contribution < -0.4 is 0 Å². The van der Waals surface area contributed by atoms with E-state index in [4.69, 9.17) is 5.11 Å². The first-order valence-corrected chi connectivity index (χ1v) is 5.34. The van der Waals surface area contributed by atoms with Crippen molar-refractivity contribution in [2.75, 3.05) is 0 Å². The maximum atomic E-state index is 13.1. The number of carbonyl (C=O) groups is 1. The summed E-state index contributed by atoms with van der Waals surface area (Å²) < 4.78 is 13.1. The largest absolute Gasteiger partial charge is 0.478 e. The zero-order valence-electron chi connectivity index (χ0n) is 9.20. The third-order valence-electron chi connectivity index (χ3n) is 2.83. The van der Waals surface area contributed by atoms with Crippen molar-refractivity contribution in [1.29, 1.82) is 0 Å². The molecule has 18 heavy (non-hydrogen) atoms. The first-order chi connectivity index (χ1) is 8.65. The van der Waals surface area contributed by atoms with Crippen LogP contribution in [-0.4, -0.2) is 21.0 Å². The van der Waals surface area contributed by atoms with Gasteiger partial charge in [0, 0.05) is 17.1 Å². The second-order valence-electron chi connectivity index (χ2n) is 3.99. The molecule has 3 aromatic rings. The summed E-state index contributed by atoms with van der Waals surface area (Å²) in [6.45, 7) is 0. The van der Waals surface area contributed by atoms with Crippen LogP contribution in [0.25, 0.3) is 22.3 Å². The van der Waals surface area contributed by atoms with E-state index < -0.39 is 5.97 Å². The van der Waals surface area contributed by atoms with Crippen molar-refractivity contribution in [2.45, 2.75) is 0 Å². The molecule has 5 heteroatoms. The lowest BCUT2D eigenvalue weighted by atomic mass is 10.2. The molecule has 2 aromatic heterocycles. The number of halogens is 1. The highest BCUT2D eigenvalue weighted by atomic mass is 19.1. The lowest BCUT2D eigenvalue weighted by Gasteiger charge is -1.96. The summed E-state index contributed by atoms with van der Waals surface area (Å²) in [5.41, 5.74) is 1.93. The lowest BCUT2D eigenvalue weighted by Crippen LogP contribution is -1.96. The van der Waals surface area contributed by atoms with Gasteiger partial charge in [0.1, 0.15) is 5.82 Å². The van der Waals surface area contributed by atoms with Crippen molar-refractivity contribution in [3.8, 4) is 11.4 Å². The van der Waals surface area contributed by atoms with Gasteiger partial charge in [-0.05, 0) is 30.3 Å². The molecule has 0 amide bonds. The second kappa shape index (κ2) is 3.73. The minimum Gasteiger partial charge on any atom is -0.478 e. The molecule has 90 valence electrons. The number of hydrogen-bond acceptors (Lipinski definition) is 1. The van der Waals surface area contributed by atoms with Gasteiger partial charge in [-0.2, -0.15) is 0 Å². The molecule has 0 bridgehead atoms.